The Morgan fingerprint density at radius 2 is 2.18 bits per heavy atom. The number of rotatable bonds is 2. The van der Waals surface area contributed by atoms with Crippen LogP contribution in [0.2, 0.25) is 0 Å². The first-order chi connectivity index (χ1) is 8.27. The average molecular weight is 246 g/mol. The lowest BCUT2D eigenvalue weighted by molar-refractivity contribution is -0.139. The van der Waals surface area contributed by atoms with Crippen LogP contribution < -0.4 is 0 Å². The highest BCUT2D eigenvalue weighted by Gasteiger charge is 2.42. The van der Waals surface area contributed by atoms with Crippen LogP contribution in [0.5, 0.6) is 0 Å². The lowest BCUT2D eigenvalue weighted by atomic mass is 9.94. The normalized spacial score (nSPS) is 24.0. The van der Waals surface area contributed by atoms with Crippen molar-refractivity contribution in [1.29, 1.82) is 0 Å². The molecule has 3 rings (SSSR count). The lowest BCUT2D eigenvalue weighted by Gasteiger charge is -2.13. The maximum Gasteiger partial charge on any atom is 0.334 e. The number of hydrogen-bond donors (Lipinski definition) is 0. The van der Waals surface area contributed by atoms with Gasteiger partial charge in [0.05, 0.1) is 12.2 Å². The minimum absolute atomic E-state index is 0.131. The lowest BCUT2D eigenvalue weighted by Crippen LogP contribution is -2.04. The van der Waals surface area contributed by atoms with Crippen molar-refractivity contribution in [2.45, 2.75) is 12.0 Å². The van der Waals surface area contributed by atoms with E-state index in [9.17, 15) is 4.79 Å². The van der Waals surface area contributed by atoms with E-state index in [1.165, 1.54) is 0 Å². The van der Waals surface area contributed by atoms with Crippen molar-refractivity contribution < 1.29 is 13.9 Å². The number of hydrogen-bond acceptors (Lipinski definition) is 4. The first kappa shape index (κ1) is 10.4. The molecular formula is C13H10O3S. The summed E-state index contributed by atoms with van der Waals surface area (Å²) in [7, 11) is 0. The summed E-state index contributed by atoms with van der Waals surface area (Å²) >= 11 is 1.59. The Bertz CT molecular complexity index is 539. The van der Waals surface area contributed by atoms with Crippen LogP contribution in [0.1, 0.15) is 22.7 Å². The molecule has 0 aromatic carbocycles. The molecule has 1 fully saturated rings. The minimum atomic E-state index is -0.386. The molecule has 0 N–H and O–H groups in total. The van der Waals surface area contributed by atoms with E-state index < -0.39 is 0 Å². The fourth-order valence-electron chi connectivity index (χ4n) is 2.03. The quantitative estimate of drug-likeness (QED) is 0.603. The number of furan rings is 1. The van der Waals surface area contributed by atoms with Gasteiger partial charge in [-0.2, -0.15) is 0 Å². The van der Waals surface area contributed by atoms with Gasteiger partial charge in [-0.25, -0.2) is 4.79 Å². The van der Waals surface area contributed by atoms with Gasteiger partial charge in [0.15, 0.2) is 6.10 Å². The molecule has 0 bridgehead atoms. The predicted octanol–water partition coefficient (Wildman–Crippen LogP) is 3.28. The summed E-state index contributed by atoms with van der Waals surface area (Å²) in [6.45, 7) is 3.82. The maximum atomic E-state index is 11.6. The number of cyclic esters (lactones) is 1. The van der Waals surface area contributed by atoms with Crippen molar-refractivity contribution in [3.63, 3.8) is 0 Å². The van der Waals surface area contributed by atoms with Gasteiger partial charge in [-0.05, 0) is 23.6 Å². The fraction of sp³-hybridized carbons (Fsp3) is 0.154. The molecule has 1 aliphatic heterocycles. The maximum absolute atomic E-state index is 11.6. The summed E-state index contributed by atoms with van der Waals surface area (Å²) in [5.74, 6) is 0.189. The molecule has 2 atom stereocenters. The van der Waals surface area contributed by atoms with Crippen LogP contribution >= 0.6 is 11.3 Å². The third kappa shape index (κ3) is 1.61. The summed E-state index contributed by atoms with van der Waals surface area (Å²) in [6.07, 6.45) is 1.19. The second-order valence-corrected chi connectivity index (χ2v) is 4.84. The Kier molecular flexibility index (Phi) is 2.37. The largest absolute Gasteiger partial charge is 0.465 e. The van der Waals surface area contributed by atoms with Gasteiger partial charge in [0.25, 0.3) is 0 Å². The van der Waals surface area contributed by atoms with Crippen LogP contribution in [0.15, 0.2) is 52.5 Å². The van der Waals surface area contributed by atoms with Crippen molar-refractivity contribution in [1.82, 2.24) is 0 Å². The first-order valence-electron chi connectivity index (χ1n) is 5.24. The second kappa shape index (κ2) is 3.89. The Morgan fingerprint density at radius 3 is 2.82 bits per heavy atom. The Morgan fingerprint density at radius 1 is 1.29 bits per heavy atom. The highest BCUT2D eigenvalue weighted by atomic mass is 32.1. The molecule has 1 saturated heterocycles. The fourth-order valence-corrected chi connectivity index (χ4v) is 2.92. The Labute approximate surface area is 102 Å². The molecule has 17 heavy (non-hydrogen) atoms. The minimum Gasteiger partial charge on any atom is -0.465 e. The SMILES string of the molecule is C=C1C(=O)O[C@H](c2ccco2)[C@@H]1c1cccs1. The third-order valence-corrected chi connectivity index (χ3v) is 3.80. The van der Waals surface area contributed by atoms with Crippen LogP contribution in [-0.2, 0) is 9.53 Å². The van der Waals surface area contributed by atoms with E-state index in [2.05, 4.69) is 6.58 Å². The summed E-state index contributed by atoms with van der Waals surface area (Å²) < 4.78 is 10.7. The van der Waals surface area contributed by atoms with Crippen LogP contribution in [0.4, 0.5) is 0 Å². The van der Waals surface area contributed by atoms with Crippen LogP contribution in [-0.4, -0.2) is 5.97 Å². The van der Waals surface area contributed by atoms with Gasteiger partial charge >= 0.3 is 5.97 Å². The van der Waals surface area contributed by atoms with Gasteiger partial charge in [-0.1, -0.05) is 12.6 Å². The molecule has 3 heterocycles. The van der Waals surface area contributed by atoms with Crippen LogP contribution in [0, 0.1) is 0 Å². The monoisotopic (exact) mass is 246 g/mol. The van der Waals surface area contributed by atoms with Crippen molar-refractivity contribution in [3.05, 3.63) is 58.7 Å². The summed E-state index contributed by atoms with van der Waals surface area (Å²) in [4.78, 5) is 12.7. The molecule has 86 valence electrons. The van der Waals surface area contributed by atoms with Crippen LogP contribution in [0.25, 0.3) is 0 Å². The van der Waals surface area contributed by atoms with Gasteiger partial charge in [-0.3, -0.25) is 0 Å². The molecule has 0 radical (unpaired) electrons. The van der Waals surface area contributed by atoms with Crippen molar-refractivity contribution in [2.24, 2.45) is 0 Å². The molecule has 3 nitrogen and oxygen atoms in total. The highest BCUT2D eigenvalue weighted by molar-refractivity contribution is 7.10. The number of carbonyl (C=O) groups excluding carboxylic acids is 1. The van der Waals surface area contributed by atoms with E-state index in [-0.39, 0.29) is 18.0 Å². The van der Waals surface area contributed by atoms with E-state index in [1.807, 2.05) is 23.6 Å². The number of carbonyl (C=O) groups is 1. The zero-order chi connectivity index (χ0) is 11.8. The molecular weight excluding hydrogens is 236 g/mol. The van der Waals surface area contributed by atoms with Crippen molar-refractivity contribution >= 4 is 17.3 Å². The number of ether oxygens (including phenoxy) is 1. The average Bonchev–Trinajstić information content (AvgIpc) is 3.01. The first-order valence-corrected chi connectivity index (χ1v) is 6.12. The number of esters is 1. The molecule has 2 aromatic rings. The molecule has 0 amide bonds. The standard InChI is InChI=1S/C13H10O3S/c1-8-11(10-5-3-7-17-10)12(16-13(8)14)9-4-2-6-15-9/h2-7,11-12H,1H2/t11-,12+/m0/s1. The van der Waals surface area contributed by atoms with Gasteiger partial charge in [0.2, 0.25) is 0 Å². The van der Waals surface area contributed by atoms with Gasteiger partial charge in [0.1, 0.15) is 5.76 Å². The van der Waals surface area contributed by atoms with E-state index >= 15 is 0 Å². The zero-order valence-electron chi connectivity index (χ0n) is 8.96. The van der Waals surface area contributed by atoms with Crippen molar-refractivity contribution in [3.8, 4) is 0 Å². The highest BCUT2D eigenvalue weighted by Crippen LogP contribution is 2.46. The van der Waals surface area contributed by atoms with E-state index in [4.69, 9.17) is 9.15 Å². The van der Waals surface area contributed by atoms with Gasteiger partial charge in [0, 0.05) is 10.5 Å². The van der Waals surface area contributed by atoms with Gasteiger partial charge < -0.3 is 9.15 Å². The summed E-state index contributed by atoms with van der Waals surface area (Å²) in [5.41, 5.74) is 0.494. The number of thiophene rings is 1. The van der Waals surface area contributed by atoms with Crippen molar-refractivity contribution in [2.75, 3.05) is 0 Å². The zero-order valence-corrected chi connectivity index (χ0v) is 9.78. The van der Waals surface area contributed by atoms with E-state index in [0.29, 0.717) is 11.3 Å². The van der Waals surface area contributed by atoms with E-state index in [0.717, 1.165) is 4.88 Å². The molecule has 0 saturated carbocycles. The molecule has 2 aromatic heterocycles. The summed E-state index contributed by atoms with van der Waals surface area (Å²) in [5, 5.41) is 1.98. The predicted molar refractivity (Wildman–Crippen MR) is 63.7 cm³/mol. The molecule has 1 aliphatic rings. The second-order valence-electron chi connectivity index (χ2n) is 3.86. The molecule has 0 spiro atoms. The van der Waals surface area contributed by atoms with Gasteiger partial charge in [-0.15, -0.1) is 11.3 Å². The summed E-state index contributed by atoms with van der Waals surface area (Å²) in [6, 6.07) is 7.54. The van der Waals surface area contributed by atoms with Crippen LogP contribution in [0.3, 0.4) is 0 Å². The topological polar surface area (TPSA) is 39.4 Å². The smallest absolute Gasteiger partial charge is 0.334 e. The van der Waals surface area contributed by atoms with E-state index in [1.54, 1.807) is 23.7 Å². The Balaban J connectivity index is 2.03. The molecule has 0 unspecified atom stereocenters. The third-order valence-electron chi connectivity index (χ3n) is 2.85. The Hall–Kier alpha value is -1.81. The molecule has 4 heteroatoms. The molecule has 0 aliphatic carbocycles.